The zero-order chi connectivity index (χ0) is 18.9. The highest BCUT2D eigenvalue weighted by atomic mass is 35.5. The molecule has 26 heavy (non-hydrogen) atoms. The van der Waals surface area contributed by atoms with Gasteiger partial charge in [0.15, 0.2) is 5.60 Å². The maximum Gasteiger partial charge on any atom is 0.306 e. The van der Waals surface area contributed by atoms with Gasteiger partial charge < -0.3 is 24.9 Å². The Kier molecular flexibility index (Phi) is 5.05. The number of rotatable bonds is 5. The predicted molar refractivity (Wildman–Crippen MR) is 95.1 cm³/mol. The Morgan fingerprint density at radius 3 is 3.08 bits per heavy atom. The van der Waals surface area contributed by atoms with Gasteiger partial charge in [-0.2, -0.15) is 4.98 Å². The SMILES string of the molecule is C#C[C@]1(CO)O[C@@H](n2ccc3c(N)nc(Cl)nc32)C[C@@H]1OC(=O)CCC. The summed E-state index contributed by atoms with van der Waals surface area (Å²) in [5.74, 6) is 2.30. The fourth-order valence-electron chi connectivity index (χ4n) is 3.05. The molecule has 1 fully saturated rings. The number of ether oxygens (including phenoxy) is 2. The van der Waals surface area contributed by atoms with Crippen LogP contribution in [0.25, 0.3) is 11.0 Å². The molecule has 0 spiro atoms. The van der Waals surface area contributed by atoms with Gasteiger partial charge in [-0.3, -0.25) is 4.79 Å². The van der Waals surface area contributed by atoms with E-state index < -0.39 is 24.5 Å². The number of halogens is 1. The van der Waals surface area contributed by atoms with Crippen LogP contribution in [0.2, 0.25) is 5.28 Å². The van der Waals surface area contributed by atoms with Crippen LogP contribution in [0.4, 0.5) is 5.82 Å². The van der Waals surface area contributed by atoms with Gasteiger partial charge in [-0.15, -0.1) is 6.42 Å². The summed E-state index contributed by atoms with van der Waals surface area (Å²) >= 11 is 5.90. The smallest absolute Gasteiger partial charge is 0.306 e. The number of nitrogen functional groups attached to an aromatic ring is 1. The van der Waals surface area contributed by atoms with Crippen LogP contribution in [0, 0.1) is 12.3 Å². The van der Waals surface area contributed by atoms with E-state index in [1.165, 1.54) is 0 Å². The Balaban J connectivity index is 1.95. The van der Waals surface area contributed by atoms with Gasteiger partial charge in [0.1, 0.15) is 23.8 Å². The third kappa shape index (κ3) is 3.09. The lowest BCUT2D eigenvalue weighted by Gasteiger charge is -2.26. The fourth-order valence-corrected chi connectivity index (χ4v) is 3.22. The molecule has 3 N–H and O–H groups in total. The lowest BCUT2D eigenvalue weighted by atomic mass is 9.98. The summed E-state index contributed by atoms with van der Waals surface area (Å²) < 4.78 is 13.1. The van der Waals surface area contributed by atoms with Crippen LogP contribution < -0.4 is 5.73 Å². The molecule has 3 rings (SSSR count). The molecule has 9 heteroatoms. The molecule has 138 valence electrons. The first-order valence-electron chi connectivity index (χ1n) is 8.19. The molecule has 2 aromatic heterocycles. The molecule has 1 aliphatic heterocycles. The minimum Gasteiger partial charge on any atom is -0.458 e. The summed E-state index contributed by atoms with van der Waals surface area (Å²) in [6, 6.07) is 1.73. The molecular formula is C17H19ClN4O4. The number of fused-ring (bicyclic) bond motifs is 1. The Hall–Kier alpha value is -2.34. The summed E-state index contributed by atoms with van der Waals surface area (Å²) in [5.41, 5.74) is 4.92. The molecule has 0 saturated carbocycles. The van der Waals surface area contributed by atoms with Crippen molar-refractivity contribution >= 4 is 34.4 Å². The zero-order valence-corrected chi connectivity index (χ0v) is 14.9. The van der Waals surface area contributed by atoms with E-state index in [4.69, 9.17) is 33.2 Å². The normalized spacial score (nSPS) is 25.3. The molecule has 0 amide bonds. The monoisotopic (exact) mass is 378 g/mol. The van der Waals surface area contributed by atoms with Gasteiger partial charge in [0, 0.05) is 19.0 Å². The van der Waals surface area contributed by atoms with E-state index in [1.807, 2.05) is 6.92 Å². The van der Waals surface area contributed by atoms with Crippen molar-refractivity contribution in [2.45, 2.75) is 44.1 Å². The molecule has 0 bridgehead atoms. The molecule has 8 nitrogen and oxygen atoms in total. The topological polar surface area (TPSA) is 112 Å². The number of carbonyl (C=O) groups is 1. The standard InChI is InChI=1S/C17H19ClN4O4/c1-3-5-13(24)25-11-8-12(26-17(11,4-2)9-23)22-7-6-10-14(19)20-16(18)21-15(10)22/h2,6-7,11-12,23H,3,5,8-9H2,1H3,(H2,19,20,21)/t11-,12+,17+/m0/s1. The van der Waals surface area contributed by atoms with E-state index >= 15 is 0 Å². The van der Waals surface area contributed by atoms with Gasteiger partial charge in [-0.25, -0.2) is 4.98 Å². The third-order valence-electron chi connectivity index (χ3n) is 4.37. The van der Waals surface area contributed by atoms with Crippen molar-refractivity contribution in [1.82, 2.24) is 14.5 Å². The minimum absolute atomic E-state index is 0.00393. The molecule has 3 atom stereocenters. The number of esters is 1. The maximum absolute atomic E-state index is 11.9. The van der Waals surface area contributed by atoms with Crippen molar-refractivity contribution < 1.29 is 19.4 Å². The quantitative estimate of drug-likeness (QED) is 0.462. The van der Waals surface area contributed by atoms with Gasteiger partial charge in [-0.1, -0.05) is 12.8 Å². The summed E-state index contributed by atoms with van der Waals surface area (Å²) in [4.78, 5) is 20.0. The lowest BCUT2D eigenvalue weighted by molar-refractivity contribution is -0.158. The molecular weight excluding hydrogens is 360 g/mol. The lowest BCUT2D eigenvalue weighted by Crippen LogP contribution is -2.44. The summed E-state index contributed by atoms with van der Waals surface area (Å²) in [5, 5.41) is 10.4. The Labute approximate surface area is 155 Å². The Morgan fingerprint density at radius 2 is 2.42 bits per heavy atom. The average Bonchev–Trinajstić information content (AvgIpc) is 3.17. The van der Waals surface area contributed by atoms with Gasteiger partial charge in [0.05, 0.1) is 12.0 Å². The molecule has 0 aliphatic carbocycles. The van der Waals surface area contributed by atoms with Crippen LogP contribution in [-0.2, 0) is 14.3 Å². The number of aliphatic hydroxyl groups excluding tert-OH is 1. The van der Waals surface area contributed by atoms with Crippen LogP contribution in [-0.4, -0.2) is 43.9 Å². The largest absolute Gasteiger partial charge is 0.458 e. The number of carbonyl (C=O) groups excluding carboxylic acids is 1. The molecule has 0 unspecified atom stereocenters. The number of hydrogen-bond donors (Lipinski definition) is 2. The highest BCUT2D eigenvalue weighted by molar-refractivity contribution is 6.28. The first-order chi connectivity index (χ1) is 12.4. The third-order valence-corrected chi connectivity index (χ3v) is 4.54. The Morgan fingerprint density at radius 1 is 1.65 bits per heavy atom. The van der Waals surface area contributed by atoms with Crippen molar-refractivity contribution in [3.63, 3.8) is 0 Å². The zero-order valence-electron chi connectivity index (χ0n) is 14.2. The molecule has 0 aromatic carbocycles. The first-order valence-corrected chi connectivity index (χ1v) is 8.57. The second-order valence-electron chi connectivity index (χ2n) is 6.07. The first kappa shape index (κ1) is 18.5. The van der Waals surface area contributed by atoms with Crippen molar-refractivity contribution in [3.05, 3.63) is 17.5 Å². The number of terminal acetylenes is 1. The van der Waals surface area contributed by atoms with Crippen molar-refractivity contribution in [2.24, 2.45) is 0 Å². The number of nitrogens with two attached hydrogens (primary N) is 1. The second kappa shape index (κ2) is 7.11. The predicted octanol–water partition coefficient (Wildman–Crippen LogP) is 1.66. The van der Waals surface area contributed by atoms with Crippen molar-refractivity contribution in [1.29, 1.82) is 0 Å². The van der Waals surface area contributed by atoms with Gasteiger partial charge in [-0.05, 0) is 24.1 Å². The summed E-state index contributed by atoms with van der Waals surface area (Å²) in [6.07, 6.45) is 7.08. The molecule has 1 saturated heterocycles. The van der Waals surface area contributed by atoms with Crippen molar-refractivity contribution in [3.8, 4) is 12.3 Å². The Bertz CT molecular complexity index is 878. The van der Waals surface area contributed by atoms with Gasteiger partial charge >= 0.3 is 5.97 Å². The number of nitrogens with zero attached hydrogens (tertiary/aromatic N) is 3. The van der Waals surface area contributed by atoms with Crippen LogP contribution in [0.15, 0.2) is 12.3 Å². The highest BCUT2D eigenvalue weighted by Gasteiger charge is 2.50. The molecule has 3 heterocycles. The van der Waals surface area contributed by atoms with E-state index in [9.17, 15) is 9.90 Å². The van der Waals surface area contributed by atoms with E-state index in [2.05, 4.69) is 15.9 Å². The van der Waals surface area contributed by atoms with Gasteiger partial charge in [0.2, 0.25) is 5.28 Å². The maximum atomic E-state index is 11.9. The second-order valence-corrected chi connectivity index (χ2v) is 6.40. The molecule has 0 radical (unpaired) electrons. The van der Waals surface area contributed by atoms with E-state index in [1.54, 1.807) is 16.8 Å². The number of hydrogen-bond acceptors (Lipinski definition) is 7. The summed E-state index contributed by atoms with van der Waals surface area (Å²) in [7, 11) is 0. The molecule has 1 aliphatic rings. The van der Waals surface area contributed by atoms with Crippen LogP contribution >= 0.6 is 11.6 Å². The van der Waals surface area contributed by atoms with Crippen LogP contribution in [0.3, 0.4) is 0 Å². The fraction of sp³-hybridized carbons (Fsp3) is 0.471. The van der Waals surface area contributed by atoms with Crippen LogP contribution in [0.1, 0.15) is 32.4 Å². The van der Waals surface area contributed by atoms with Crippen LogP contribution in [0.5, 0.6) is 0 Å². The van der Waals surface area contributed by atoms with Crippen molar-refractivity contribution in [2.75, 3.05) is 12.3 Å². The van der Waals surface area contributed by atoms with E-state index in [-0.39, 0.29) is 29.9 Å². The van der Waals surface area contributed by atoms with E-state index in [0.717, 1.165) is 0 Å². The highest BCUT2D eigenvalue weighted by Crippen LogP contribution is 2.40. The summed E-state index contributed by atoms with van der Waals surface area (Å²) in [6.45, 7) is 1.39. The number of aliphatic hydroxyl groups is 1. The average molecular weight is 379 g/mol. The number of aromatic nitrogens is 3. The van der Waals surface area contributed by atoms with Gasteiger partial charge in [0.25, 0.3) is 0 Å². The number of anilines is 1. The molecule has 2 aromatic rings. The minimum atomic E-state index is -1.42. The van der Waals surface area contributed by atoms with E-state index in [0.29, 0.717) is 17.5 Å².